The molecule has 0 amide bonds. The minimum absolute atomic E-state index is 0.000235. The normalized spacial score (nSPS) is 13.1. The Morgan fingerprint density at radius 2 is 1.84 bits per heavy atom. The van der Waals surface area contributed by atoms with Gasteiger partial charge in [-0.2, -0.15) is 5.26 Å². The number of anilines is 3. The molecule has 8 nitrogen and oxygen atoms in total. The highest BCUT2D eigenvalue weighted by Crippen LogP contribution is 2.36. The number of nitrogens with one attached hydrogen (secondary N) is 2. The van der Waals surface area contributed by atoms with Gasteiger partial charge >= 0.3 is 0 Å². The van der Waals surface area contributed by atoms with Crippen molar-refractivity contribution in [2.75, 3.05) is 10.6 Å². The maximum atomic E-state index is 13.8. The summed E-state index contributed by atoms with van der Waals surface area (Å²) in [4.78, 5) is 8.18. The fraction of sp³-hybridized carbons (Fsp3) is 0.148. The minimum Gasteiger partial charge on any atom is -0.373 e. The van der Waals surface area contributed by atoms with Gasteiger partial charge in [-0.1, -0.05) is 28.9 Å². The Morgan fingerprint density at radius 3 is 2.53 bits per heavy atom. The van der Waals surface area contributed by atoms with Crippen LogP contribution >= 0.6 is 11.6 Å². The number of nitrogens with zero attached hydrogens (tertiary/aromatic N) is 6. The topological polar surface area (TPSA) is 104 Å². The molecule has 0 spiro atoms. The van der Waals surface area contributed by atoms with Crippen molar-refractivity contribution in [1.29, 1.82) is 5.26 Å². The highest BCUT2D eigenvalue weighted by Gasteiger charge is 2.21. The number of aromatic nitrogens is 5. The predicted octanol–water partition coefficient (Wildman–Crippen LogP) is 6.55. The summed E-state index contributed by atoms with van der Waals surface area (Å²) in [5, 5.41) is 25.0. The molecule has 2 N–H and O–H groups in total. The molecule has 2 aromatic carbocycles. The van der Waals surface area contributed by atoms with E-state index in [2.05, 4.69) is 37.0 Å². The number of halogens is 3. The Hall–Kier alpha value is -4.62. The van der Waals surface area contributed by atoms with Crippen molar-refractivity contribution in [2.45, 2.75) is 25.9 Å². The first-order valence-corrected chi connectivity index (χ1v) is 11.9. The summed E-state index contributed by atoms with van der Waals surface area (Å²) in [6.07, 6.45) is 5.50. The van der Waals surface area contributed by atoms with Gasteiger partial charge in [0.05, 0.1) is 53.5 Å². The van der Waals surface area contributed by atoms with Crippen LogP contribution in [0.5, 0.6) is 0 Å². The molecule has 3 aromatic heterocycles. The van der Waals surface area contributed by atoms with E-state index >= 15 is 0 Å². The zero-order chi connectivity index (χ0) is 27.7. The van der Waals surface area contributed by atoms with Crippen molar-refractivity contribution in [3.8, 4) is 6.07 Å². The van der Waals surface area contributed by atoms with E-state index in [-0.39, 0.29) is 22.3 Å². The number of fused-ring (bicyclic) bond motifs is 1. The van der Waals surface area contributed by atoms with Gasteiger partial charge in [-0.25, -0.2) is 13.5 Å². The molecule has 0 fully saturated rings. The third-order valence-corrected chi connectivity index (χ3v) is 6.01. The number of hydrogen-bond acceptors (Lipinski definition) is 7. The average Bonchev–Trinajstić information content (AvgIpc) is 3.41. The largest absolute Gasteiger partial charge is 0.373 e. The Morgan fingerprint density at radius 1 is 1.05 bits per heavy atom. The number of nitriles is 1. The Kier molecular flexibility index (Phi) is 6.50. The van der Waals surface area contributed by atoms with Crippen LogP contribution in [-0.2, 0) is 0 Å². The molecule has 190 valence electrons. The third kappa shape index (κ3) is 5.10. The van der Waals surface area contributed by atoms with E-state index in [1.54, 1.807) is 23.0 Å². The summed E-state index contributed by atoms with van der Waals surface area (Å²) in [5.41, 5.74) is 2.30. The van der Waals surface area contributed by atoms with E-state index in [0.29, 0.717) is 33.5 Å². The van der Waals surface area contributed by atoms with Crippen LogP contribution in [0.4, 0.5) is 25.8 Å². The second kappa shape index (κ2) is 10.4. The number of rotatable bonds is 7. The van der Waals surface area contributed by atoms with Crippen molar-refractivity contribution in [1.82, 2.24) is 25.0 Å². The molecule has 0 saturated carbocycles. The molecule has 0 radical (unpaired) electrons. The van der Waals surface area contributed by atoms with Gasteiger partial charge in [0.2, 0.25) is 0 Å². The summed E-state index contributed by atoms with van der Waals surface area (Å²) in [7, 11) is 0. The molecule has 38 heavy (non-hydrogen) atoms. The summed E-state index contributed by atoms with van der Waals surface area (Å²) < 4.78 is 38.6. The van der Waals surface area contributed by atoms with Crippen molar-refractivity contribution in [3.63, 3.8) is 0 Å². The molecule has 11 heteroatoms. The first-order valence-electron chi connectivity index (χ1n) is 12.0. The van der Waals surface area contributed by atoms with Crippen LogP contribution in [0.2, 0.25) is 5.02 Å². The van der Waals surface area contributed by atoms with Crippen LogP contribution in [-0.4, -0.2) is 25.0 Å². The predicted molar refractivity (Wildman–Crippen MR) is 141 cm³/mol. The van der Waals surface area contributed by atoms with E-state index in [1.165, 1.54) is 42.7 Å². The Bertz CT molecular complexity index is 1720. The Labute approximate surface area is 223 Å². The zero-order valence-electron chi connectivity index (χ0n) is 21.2. The smallest absolute Gasteiger partial charge is 0.143 e. The van der Waals surface area contributed by atoms with Crippen LogP contribution in [0.25, 0.3) is 10.9 Å². The van der Waals surface area contributed by atoms with Gasteiger partial charge < -0.3 is 10.6 Å². The molecule has 0 unspecified atom stereocenters. The SMILES string of the molecule is [2H][C@@](Nc1cc(Cl)c2ncc(C#N)c(Nc3cncc(F)c3)c2c1)(c1ccc(F)cc1)c1cn(C(C)C)nn1. The first-order chi connectivity index (χ1) is 18.7. The van der Waals surface area contributed by atoms with Gasteiger partial charge in [0.1, 0.15) is 23.4 Å². The van der Waals surface area contributed by atoms with Crippen molar-refractivity contribution in [2.24, 2.45) is 0 Å². The molecule has 0 saturated heterocycles. The summed E-state index contributed by atoms with van der Waals surface area (Å²) in [6.45, 7) is 3.86. The van der Waals surface area contributed by atoms with Crippen LogP contribution in [0.15, 0.2) is 67.3 Å². The fourth-order valence-electron chi connectivity index (χ4n) is 3.86. The molecule has 5 rings (SSSR count). The molecule has 3 heterocycles. The highest BCUT2D eigenvalue weighted by molar-refractivity contribution is 6.36. The van der Waals surface area contributed by atoms with Crippen molar-refractivity contribution < 1.29 is 10.2 Å². The average molecular weight is 532 g/mol. The van der Waals surface area contributed by atoms with Crippen LogP contribution in [0, 0.1) is 23.0 Å². The summed E-state index contributed by atoms with van der Waals surface area (Å²) in [5.74, 6) is -0.997. The van der Waals surface area contributed by atoms with E-state index in [1.807, 2.05) is 13.8 Å². The molecule has 0 bridgehead atoms. The molecule has 5 aromatic rings. The van der Waals surface area contributed by atoms with Crippen LogP contribution < -0.4 is 10.6 Å². The van der Waals surface area contributed by atoms with E-state index in [4.69, 9.17) is 11.6 Å². The number of benzene rings is 2. The van der Waals surface area contributed by atoms with Gasteiger partial charge in [0, 0.05) is 29.4 Å². The van der Waals surface area contributed by atoms with E-state index in [0.717, 1.165) is 6.20 Å². The molecular weight excluding hydrogens is 510 g/mol. The lowest BCUT2D eigenvalue weighted by Crippen LogP contribution is -2.13. The monoisotopic (exact) mass is 531 g/mol. The molecular formula is C27H21ClF2N8. The van der Waals surface area contributed by atoms with E-state index < -0.39 is 17.7 Å². The van der Waals surface area contributed by atoms with E-state index in [9.17, 15) is 15.4 Å². The second-order valence-electron chi connectivity index (χ2n) is 8.71. The van der Waals surface area contributed by atoms with Crippen LogP contribution in [0.3, 0.4) is 0 Å². The lowest BCUT2D eigenvalue weighted by Gasteiger charge is -2.20. The second-order valence-corrected chi connectivity index (χ2v) is 9.12. The standard InChI is InChI=1S/C27H21ClF2N8/c1-15(2)38-14-24(36-37-38)26(16-3-5-18(29)6-4-16)34-20-8-22-25(35-21-7-19(30)12-32-13-21)17(10-31)11-33-27(22)23(28)9-20/h3-9,11-15,26,34H,1-2H3,(H,33,35)/t26-/m1/s1/i26D. The summed E-state index contributed by atoms with van der Waals surface area (Å²) >= 11 is 6.62. The number of pyridine rings is 2. The zero-order valence-corrected chi connectivity index (χ0v) is 21.0. The molecule has 0 aliphatic rings. The van der Waals surface area contributed by atoms with Crippen molar-refractivity contribution in [3.05, 3.63) is 101 Å². The Balaban J connectivity index is 1.66. The number of hydrogen-bond donors (Lipinski definition) is 2. The quantitative estimate of drug-likeness (QED) is 0.245. The molecule has 0 aliphatic heterocycles. The maximum Gasteiger partial charge on any atom is 0.143 e. The molecule has 1 atom stereocenters. The van der Waals surface area contributed by atoms with Gasteiger partial charge in [0.25, 0.3) is 0 Å². The summed E-state index contributed by atoms with van der Waals surface area (Å²) in [6, 6.07) is 10.4. The van der Waals surface area contributed by atoms with Gasteiger partial charge in [-0.05, 0) is 43.7 Å². The van der Waals surface area contributed by atoms with Gasteiger partial charge in [-0.15, -0.1) is 5.10 Å². The van der Waals surface area contributed by atoms with Gasteiger partial charge in [0.15, 0.2) is 0 Å². The lowest BCUT2D eigenvalue weighted by molar-refractivity contribution is 0.514. The maximum absolute atomic E-state index is 13.8. The van der Waals surface area contributed by atoms with Crippen molar-refractivity contribution >= 4 is 39.6 Å². The molecule has 0 aliphatic carbocycles. The highest BCUT2D eigenvalue weighted by atomic mass is 35.5. The minimum atomic E-state index is -1.70. The van der Waals surface area contributed by atoms with Crippen LogP contribution in [0.1, 0.15) is 44.1 Å². The fourth-order valence-corrected chi connectivity index (χ4v) is 4.13. The van der Waals surface area contributed by atoms with Gasteiger partial charge in [-0.3, -0.25) is 9.97 Å². The third-order valence-electron chi connectivity index (χ3n) is 5.72. The lowest BCUT2D eigenvalue weighted by atomic mass is 10.0. The first kappa shape index (κ1) is 23.8.